The number of fused-ring (bicyclic) bond motifs is 1. The van der Waals surface area contributed by atoms with Gasteiger partial charge in [0.2, 0.25) is 0 Å². The maximum absolute atomic E-state index is 12.2. The van der Waals surface area contributed by atoms with Crippen LogP contribution < -0.4 is 0 Å². The van der Waals surface area contributed by atoms with Gasteiger partial charge in [-0.05, 0) is 0 Å². The lowest BCUT2D eigenvalue weighted by Gasteiger charge is -2.24. The summed E-state index contributed by atoms with van der Waals surface area (Å²) in [4.78, 5) is 0. The molecule has 0 spiro atoms. The van der Waals surface area contributed by atoms with Crippen LogP contribution in [0.5, 0.6) is 0 Å². The molecule has 2 aliphatic rings. The Kier molecular flexibility index (Phi) is 1.01. The Labute approximate surface area is 57.9 Å². The van der Waals surface area contributed by atoms with Gasteiger partial charge in [0, 0.05) is 0 Å². The van der Waals surface area contributed by atoms with E-state index in [9.17, 15) is 12.9 Å². The molecule has 2 saturated carbocycles. The van der Waals surface area contributed by atoms with Crippen molar-refractivity contribution < 1.29 is 12.9 Å². The van der Waals surface area contributed by atoms with E-state index in [1.165, 1.54) is 0 Å². The van der Waals surface area contributed by atoms with Gasteiger partial charge in [-0.15, -0.1) is 0 Å². The van der Waals surface area contributed by atoms with Gasteiger partial charge in [-0.3, -0.25) is 0 Å². The van der Waals surface area contributed by atoms with Crippen LogP contribution in [0.4, 0.5) is 12.9 Å². The Morgan fingerprint density at radius 1 is 1.30 bits per heavy atom. The van der Waals surface area contributed by atoms with Gasteiger partial charge in [-0.25, -0.2) is 0 Å². The SMILES string of the molecule is F[B-](F)(F)C12CCCC1C2. The van der Waals surface area contributed by atoms with E-state index in [2.05, 4.69) is 0 Å². The van der Waals surface area contributed by atoms with Crippen molar-refractivity contribution >= 4 is 6.98 Å². The molecule has 10 heavy (non-hydrogen) atoms. The average molecular weight is 149 g/mol. The molecule has 2 rings (SSSR count). The van der Waals surface area contributed by atoms with E-state index in [4.69, 9.17) is 0 Å². The minimum Gasteiger partial charge on any atom is -0.449 e. The van der Waals surface area contributed by atoms with E-state index in [1.54, 1.807) is 0 Å². The largest absolute Gasteiger partial charge is 0.484 e. The predicted molar refractivity (Wildman–Crippen MR) is 33.7 cm³/mol. The fraction of sp³-hybridized carbons (Fsp3) is 1.00. The second kappa shape index (κ2) is 1.54. The Hall–Kier alpha value is -0.145. The summed E-state index contributed by atoms with van der Waals surface area (Å²) in [5, 5.41) is -1.14. The van der Waals surface area contributed by atoms with Gasteiger partial charge >= 0.3 is 6.98 Å². The summed E-state index contributed by atoms with van der Waals surface area (Å²) in [6.07, 6.45) is 2.48. The van der Waals surface area contributed by atoms with Crippen molar-refractivity contribution in [3.8, 4) is 0 Å². The van der Waals surface area contributed by atoms with Crippen LogP contribution in [0, 0.1) is 5.92 Å². The van der Waals surface area contributed by atoms with E-state index >= 15 is 0 Å². The summed E-state index contributed by atoms with van der Waals surface area (Å²) in [6.45, 7) is -4.52. The first-order valence-corrected chi connectivity index (χ1v) is 3.76. The van der Waals surface area contributed by atoms with Crippen LogP contribution in [0.2, 0.25) is 5.31 Å². The zero-order valence-electron chi connectivity index (χ0n) is 5.62. The summed E-state index contributed by atoms with van der Waals surface area (Å²) >= 11 is 0. The normalized spacial score (nSPS) is 45.3. The highest BCUT2D eigenvalue weighted by molar-refractivity contribution is 6.63. The smallest absolute Gasteiger partial charge is 0.449 e. The molecule has 58 valence electrons. The van der Waals surface area contributed by atoms with Gasteiger partial charge in [-0.1, -0.05) is 36.9 Å². The number of rotatable bonds is 1. The van der Waals surface area contributed by atoms with Crippen molar-refractivity contribution in [2.24, 2.45) is 5.92 Å². The lowest BCUT2D eigenvalue weighted by molar-refractivity contribution is 0.418. The third-order valence-corrected chi connectivity index (χ3v) is 3.13. The Bertz CT molecular complexity index is 165. The van der Waals surface area contributed by atoms with Crippen molar-refractivity contribution in [1.29, 1.82) is 0 Å². The molecular weight excluding hydrogens is 140 g/mol. The van der Waals surface area contributed by atoms with Crippen LogP contribution in [-0.2, 0) is 0 Å². The van der Waals surface area contributed by atoms with Crippen molar-refractivity contribution in [3.05, 3.63) is 0 Å². The molecule has 0 bridgehead atoms. The van der Waals surface area contributed by atoms with Crippen molar-refractivity contribution in [2.45, 2.75) is 31.0 Å². The summed E-state index contributed by atoms with van der Waals surface area (Å²) in [6, 6.07) is 0. The Morgan fingerprint density at radius 2 is 2.00 bits per heavy atom. The average Bonchev–Trinajstić information content (AvgIpc) is 2.36. The van der Waals surface area contributed by atoms with E-state index in [0.29, 0.717) is 12.8 Å². The molecule has 0 amide bonds. The first-order valence-electron chi connectivity index (χ1n) is 3.76. The minimum absolute atomic E-state index is 0.0208. The van der Waals surface area contributed by atoms with Crippen LogP contribution in [0.25, 0.3) is 0 Å². The summed E-state index contributed by atoms with van der Waals surface area (Å²) in [5.41, 5.74) is 0. The molecule has 0 heterocycles. The topological polar surface area (TPSA) is 0 Å². The molecule has 0 radical (unpaired) electrons. The van der Waals surface area contributed by atoms with E-state index in [0.717, 1.165) is 12.8 Å². The fourth-order valence-electron chi connectivity index (χ4n) is 2.34. The van der Waals surface area contributed by atoms with Gasteiger partial charge in [0.15, 0.2) is 0 Å². The number of halogens is 3. The maximum Gasteiger partial charge on any atom is 0.484 e. The molecule has 2 aliphatic carbocycles. The predicted octanol–water partition coefficient (Wildman–Crippen LogP) is 2.78. The second-order valence-corrected chi connectivity index (χ2v) is 3.60. The molecule has 0 nitrogen and oxygen atoms in total. The van der Waals surface area contributed by atoms with Crippen LogP contribution in [-0.4, -0.2) is 6.98 Å². The summed E-state index contributed by atoms with van der Waals surface area (Å²) < 4.78 is 36.7. The fourth-order valence-corrected chi connectivity index (χ4v) is 2.34. The van der Waals surface area contributed by atoms with Gasteiger partial charge in [0.25, 0.3) is 0 Å². The van der Waals surface area contributed by atoms with Crippen molar-refractivity contribution in [2.75, 3.05) is 0 Å². The van der Waals surface area contributed by atoms with E-state index in [-0.39, 0.29) is 5.92 Å². The first kappa shape index (κ1) is 6.56. The highest BCUT2D eigenvalue weighted by Gasteiger charge is 2.66. The van der Waals surface area contributed by atoms with Gasteiger partial charge < -0.3 is 12.9 Å². The van der Waals surface area contributed by atoms with Gasteiger partial charge in [0.1, 0.15) is 0 Å². The van der Waals surface area contributed by atoms with Crippen LogP contribution in [0.3, 0.4) is 0 Å². The monoisotopic (exact) mass is 149 g/mol. The van der Waals surface area contributed by atoms with Crippen LogP contribution in [0.1, 0.15) is 25.7 Å². The second-order valence-electron chi connectivity index (χ2n) is 3.60. The number of hydrogen-bond donors (Lipinski definition) is 0. The molecule has 0 saturated heterocycles. The third kappa shape index (κ3) is 0.597. The van der Waals surface area contributed by atoms with Crippen LogP contribution >= 0.6 is 0 Å². The molecule has 0 aromatic rings. The maximum atomic E-state index is 12.2. The first-order chi connectivity index (χ1) is 4.56. The summed E-state index contributed by atoms with van der Waals surface area (Å²) in [5.74, 6) is 0.0208. The zero-order chi connectivity index (χ0) is 7.41. The molecular formula is C6H9BF3-. The Morgan fingerprint density at radius 3 is 2.20 bits per heavy atom. The van der Waals surface area contributed by atoms with Gasteiger partial charge in [0.05, 0.1) is 0 Å². The zero-order valence-corrected chi connectivity index (χ0v) is 5.62. The quantitative estimate of drug-likeness (QED) is 0.502. The molecule has 0 aromatic carbocycles. The molecule has 2 unspecified atom stereocenters. The molecule has 0 aromatic heterocycles. The Balaban J connectivity index is 2.18. The lowest BCUT2D eigenvalue weighted by atomic mass is 9.67. The lowest BCUT2D eigenvalue weighted by Crippen LogP contribution is -2.25. The third-order valence-electron chi connectivity index (χ3n) is 3.13. The highest BCUT2D eigenvalue weighted by Crippen LogP contribution is 2.75. The van der Waals surface area contributed by atoms with Crippen molar-refractivity contribution in [3.63, 3.8) is 0 Å². The molecule has 2 atom stereocenters. The molecule has 0 aliphatic heterocycles. The minimum atomic E-state index is -4.52. The molecule has 4 heteroatoms. The molecule has 0 N–H and O–H groups in total. The van der Waals surface area contributed by atoms with E-state index in [1.807, 2.05) is 0 Å². The standard InChI is InChI=1S/C6H9BF3/c8-7(9,10)6-3-1-2-5(6)4-6/h5H,1-4H2/q-1. The highest BCUT2D eigenvalue weighted by atomic mass is 19.4. The summed E-state index contributed by atoms with van der Waals surface area (Å²) in [7, 11) is 0. The van der Waals surface area contributed by atoms with Crippen LogP contribution in [0.15, 0.2) is 0 Å². The van der Waals surface area contributed by atoms with E-state index < -0.39 is 12.3 Å². The number of hydrogen-bond acceptors (Lipinski definition) is 0. The van der Waals surface area contributed by atoms with Crippen molar-refractivity contribution in [1.82, 2.24) is 0 Å². The molecule has 2 fully saturated rings. The van der Waals surface area contributed by atoms with Gasteiger partial charge in [-0.2, -0.15) is 0 Å².